The van der Waals surface area contributed by atoms with Crippen molar-refractivity contribution in [1.82, 2.24) is 4.90 Å². The molecule has 0 spiro atoms. The van der Waals surface area contributed by atoms with Gasteiger partial charge < -0.3 is 15.0 Å². The second kappa shape index (κ2) is 7.61. The van der Waals surface area contributed by atoms with Crippen molar-refractivity contribution in [3.63, 3.8) is 0 Å². The lowest BCUT2D eigenvalue weighted by molar-refractivity contribution is -0.160. The Labute approximate surface area is 177 Å². The number of ether oxygens (including phenoxy) is 1. The lowest BCUT2D eigenvalue weighted by atomic mass is 9.49. The van der Waals surface area contributed by atoms with E-state index in [2.05, 4.69) is 5.32 Å². The Morgan fingerprint density at radius 2 is 1.73 bits per heavy atom. The number of hydrogen-bond acceptors (Lipinski definition) is 4. The molecule has 1 heterocycles. The molecule has 4 bridgehead atoms. The van der Waals surface area contributed by atoms with Crippen LogP contribution < -0.4 is 10.1 Å². The maximum absolute atomic E-state index is 13.7. The summed E-state index contributed by atoms with van der Waals surface area (Å²) in [5, 5.41) is 11.6. The van der Waals surface area contributed by atoms with Gasteiger partial charge in [-0.25, -0.2) is 0 Å². The molecule has 2 amide bonds. The summed E-state index contributed by atoms with van der Waals surface area (Å²) < 4.78 is 5.25. The summed E-state index contributed by atoms with van der Waals surface area (Å²) in [6.07, 6.45) is 8.65. The normalized spacial score (nSPS) is 33.9. The molecule has 0 aromatic heterocycles. The van der Waals surface area contributed by atoms with Crippen molar-refractivity contribution < 1.29 is 14.3 Å². The monoisotopic (exact) mass is 407 g/mol. The fraction of sp³-hybridized carbons (Fsp3) is 0.625. The number of benzene rings is 1. The van der Waals surface area contributed by atoms with Gasteiger partial charge >= 0.3 is 0 Å². The first kappa shape index (κ1) is 19.4. The van der Waals surface area contributed by atoms with Crippen LogP contribution in [0.2, 0.25) is 0 Å². The van der Waals surface area contributed by atoms with E-state index in [1.807, 2.05) is 11.0 Å². The topological polar surface area (TPSA) is 82.4 Å². The first-order chi connectivity index (χ1) is 14.6. The largest absolute Gasteiger partial charge is 0.479 e. The molecule has 1 saturated heterocycles. The van der Waals surface area contributed by atoms with Crippen LogP contribution in [0.5, 0.6) is 5.75 Å². The van der Waals surface area contributed by atoms with Crippen molar-refractivity contribution in [3.8, 4) is 11.8 Å². The van der Waals surface area contributed by atoms with Crippen molar-refractivity contribution in [1.29, 1.82) is 5.26 Å². The number of carbonyl (C=O) groups is 2. The Kier molecular flexibility index (Phi) is 4.92. The average molecular weight is 408 g/mol. The molecule has 1 aliphatic heterocycles. The van der Waals surface area contributed by atoms with E-state index in [4.69, 9.17) is 10.00 Å². The zero-order valence-electron chi connectivity index (χ0n) is 17.3. The zero-order chi connectivity index (χ0) is 20.7. The highest BCUT2D eigenvalue weighted by Gasteiger charge is 2.56. The van der Waals surface area contributed by atoms with Crippen LogP contribution in [0.25, 0.3) is 0 Å². The molecular weight excluding hydrogens is 378 g/mol. The third-order valence-electron chi connectivity index (χ3n) is 7.73. The molecule has 158 valence electrons. The summed E-state index contributed by atoms with van der Waals surface area (Å²) in [5.41, 5.74) is 0.482. The quantitative estimate of drug-likeness (QED) is 0.806. The van der Waals surface area contributed by atoms with Crippen molar-refractivity contribution in [3.05, 3.63) is 24.3 Å². The molecule has 4 aliphatic carbocycles. The molecule has 5 aliphatic rings. The van der Waals surface area contributed by atoms with Gasteiger partial charge in [0.2, 0.25) is 11.8 Å². The van der Waals surface area contributed by atoms with Crippen LogP contribution in [0.4, 0.5) is 5.69 Å². The van der Waals surface area contributed by atoms with Gasteiger partial charge in [0, 0.05) is 12.2 Å². The van der Waals surface area contributed by atoms with Crippen LogP contribution in [0, 0.1) is 34.5 Å². The summed E-state index contributed by atoms with van der Waals surface area (Å²) in [4.78, 5) is 28.6. The number of carbonyl (C=O) groups excluding carboxylic acids is 2. The van der Waals surface area contributed by atoms with E-state index in [1.165, 1.54) is 19.3 Å². The molecule has 1 N–H and O–H groups in total. The lowest BCUT2D eigenvalue weighted by Crippen LogP contribution is -2.56. The van der Waals surface area contributed by atoms with Gasteiger partial charge in [0.25, 0.3) is 0 Å². The average Bonchev–Trinajstić information content (AvgIpc) is 3.21. The zero-order valence-corrected chi connectivity index (χ0v) is 17.3. The molecule has 1 unspecified atom stereocenters. The number of nitrogens with zero attached hydrogens (tertiary/aromatic N) is 2. The van der Waals surface area contributed by atoms with E-state index < -0.39 is 0 Å². The highest BCUT2D eigenvalue weighted by atomic mass is 16.5. The second-order valence-electron chi connectivity index (χ2n) is 9.81. The Hall–Kier alpha value is -2.55. The third kappa shape index (κ3) is 3.45. The van der Waals surface area contributed by atoms with Crippen LogP contribution in [0.3, 0.4) is 0 Å². The highest BCUT2D eigenvalue weighted by Crippen LogP contribution is 2.60. The molecule has 5 fully saturated rings. The fourth-order valence-corrected chi connectivity index (χ4v) is 6.94. The fourth-order valence-electron chi connectivity index (χ4n) is 6.94. The van der Waals surface area contributed by atoms with Gasteiger partial charge in [0.05, 0.1) is 5.41 Å². The standard InChI is InChI=1S/C24H29N3O3/c25-7-9-30-20-5-3-19(4-6-20)26-22(28)21-2-1-8-27(21)23(29)24-13-16-10-17(14-24)12-18(11-16)15-24/h3-6,16-18,21H,1-2,8-15H2,(H,26,28). The Balaban J connectivity index is 1.26. The van der Waals surface area contributed by atoms with E-state index in [-0.39, 0.29) is 29.9 Å². The minimum absolute atomic E-state index is 0.00479. The Bertz CT molecular complexity index is 837. The summed E-state index contributed by atoms with van der Waals surface area (Å²) in [7, 11) is 0. The molecular formula is C24H29N3O3. The SMILES string of the molecule is N#CCOc1ccc(NC(=O)C2CCCN2C(=O)C23CC4CC(CC(C4)C2)C3)cc1. The van der Waals surface area contributed by atoms with E-state index >= 15 is 0 Å². The predicted molar refractivity (Wildman–Crippen MR) is 112 cm³/mol. The number of hydrogen-bond donors (Lipinski definition) is 1. The Morgan fingerprint density at radius 3 is 2.33 bits per heavy atom. The van der Waals surface area contributed by atoms with Crippen molar-refractivity contribution in [2.45, 2.75) is 57.4 Å². The highest BCUT2D eigenvalue weighted by molar-refractivity contribution is 5.98. The predicted octanol–water partition coefficient (Wildman–Crippen LogP) is 3.73. The first-order valence-electron chi connectivity index (χ1n) is 11.3. The van der Waals surface area contributed by atoms with Gasteiger partial charge in [-0.3, -0.25) is 9.59 Å². The molecule has 6 nitrogen and oxygen atoms in total. The van der Waals surface area contributed by atoms with Crippen LogP contribution in [0.15, 0.2) is 24.3 Å². The maximum atomic E-state index is 13.7. The number of anilines is 1. The van der Waals surface area contributed by atoms with Crippen LogP contribution in [-0.2, 0) is 9.59 Å². The Morgan fingerprint density at radius 1 is 1.10 bits per heavy atom. The minimum atomic E-state index is -0.375. The molecule has 1 aromatic carbocycles. The minimum Gasteiger partial charge on any atom is -0.479 e. The molecule has 1 aromatic rings. The van der Waals surface area contributed by atoms with Crippen LogP contribution in [-0.4, -0.2) is 35.9 Å². The lowest BCUT2D eigenvalue weighted by Gasteiger charge is -2.56. The van der Waals surface area contributed by atoms with E-state index in [0.717, 1.165) is 49.9 Å². The van der Waals surface area contributed by atoms with Crippen molar-refractivity contribution in [2.75, 3.05) is 18.5 Å². The van der Waals surface area contributed by atoms with Crippen molar-refractivity contribution >= 4 is 17.5 Å². The third-order valence-corrected chi connectivity index (χ3v) is 7.73. The first-order valence-corrected chi connectivity index (χ1v) is 11.3. The van der Waals surface area contributed by atoms with E-state index in [1.54, 1.807) is 24.3 Å². The summed E-state index contributed by atoms with van der Waals surface area (Å²) >= 11 is 0. The van der Waals surface area contributed by atoms with Crippen LogP contribution >= 0.6 is 0 Å². The molecule has 30 heavy (non-hydrogen) atoms. The number of rotatable bonds is 5. The van der Waals surface area contributed by atoms with E-state index in [0.29, 0.717) is 18.0 Å². The molecule has 4 saturated carbocycles. The van der Waals surface area contributed by atoms with Crippen LogP contribution in [0.1, 0.15) is 51.4 Å². The molecule has 0 radical (unpaired) electrons. The van der Waals surface area contributed by atoms with Gasteiger partial charge in [-0.15, -0.1) is 0 Å². The van der Waals surface area contributed by atoms with Gasteiger partial charge in [0.15, 0.2) is 6.61 Å². The van der Waals surface area contributed by atoms with Crippen molar-refractivity contribution in [2.24, 2.45) is 23.2 Å². The summed E-state index contributed by atoms with van der Waals surface area (Å²) in [6, 6.07) is 8.57. The van der Waals surface area contributed by atoms with E-state index in [9.17, 15) is 9.59 Å². The summed E-state index contributed by atoms with van der Waals surface area (Å²) in [5.74, 6) is 2.90. The summed E-state index contributed by atoms with van der Waals surface area (Å²) in [6.45, 7) is 0.689. The van der Waals surface area contributed by atoms with Gasteiger partial charge in [-0.2, -0.15) is 5.26 Å². The van der Waals surface area contributed by atoms with Gasteiger partial charge in [-0.1, -0.05) is 0 Å². The molecule has 1 atom stereocenters. The number of likely N-dealkylation sites (tertiary alicyclic amines) is 1. The smallest absolute Gasteiger partial charge is 0.247 e. The number of nitriles is 1. The molecule has 6 heteroatoms. The maximum Gasteiger partial charge on any atom is 0.247 e. The second-order valence-corrected chi connectivity index (χ2v) is 9.81. The van der Waals surface area contributed by atoms with Gasteiger partial charge in [0.1, 0.15) is 17.9 Å². The molecule has 6 rings (SSSR count). The number of nitrogens with one attached hydrogen (secondary N) is 1. The number of amides is 2. The van der Waals surface area contributed by atoms with Gasteiger partial charge in [-0.05, 0) is 93.4 Å².